The van der Waals surface area contributed by atoms with Gasteiger partial charge in [-0.3, -0.25) is 4.79 Å². The molecule has 2 nitrogen and oxygen atoms in total. The third-order valence-electron chi connectivity index (χ3n) is 1.81. The summed E-state index contributed by atoms with van der Waals surface area (Å²) in [5, 5.41) is 2.67. The highest BCUT2D eigenvalue weighted by molar-refractivity contribution is 5.94. The zero-order chi connectivity index (χ0) is 11.6. The molecule has 0 radical (unpaired) electrons. The minimum Gasteiger partial charge on any atom is -0.344 e. The van der Waals surface area contributed by atoms with Gasteiger partial charge in [-0.25, -0.2) is 0 Å². The highest BCUT2D eigenvalue weighted by Crippen LogP contribution is 1.94. The van der Waals surface area contributed by atoms with E-state index in [1.807, 2.05) is 30.3 Å². The van der Waals surface area contributed by atoms with Gasteiger partial charge in [0.05, 0.1) is 0 Å². The Labute approximate surface area is 96.1 Å². The molecule has 1 aromatic rings. The molecule has 80 valence electrons. The van der Waals surface area contributed by atoms with Gasteiger partial charge in [-0.05, 0) is 19.1 Å². The first-order valence-corrected chi connectivity index (χ1v) is 5.07. The van der Waals surface area contributed by atoms with Crippen LogP contribution in [0, 0.1) is 23.7 Å². The smallest absolute Gasteiger partial charge is 0.296 e. The number of hydrogen-bond acceptors (Lipinski definition) is 1. The zero-order valence-electron chi connectivity index (χ0n) is 9.21. The minimum absolute atomic E-state index is 0.262. The second-order valence-corrected chi connectivity index (χ2v) is 3.05. The Balaban J connectivity index is 2.39. The third-order valence-corrected chi connectivity index (χ3v) is 1.81. The van der Waals surface area contributed by atoms with E-state index >= 15 is 0 Å². The van der Waals surface area contributed by atoms with Gasteiger partial charge in [0.1, 0.15) is 0 Å². The van der Waals surface area contributed by atoms with Gasteiger partial charge in [-0.1, -0.05) is 24.1 Å². The van der Waals surface area contributed by atoms with E-state index in [0.717, 1.165) is 5.56 Å². The zero-order valence-corrected chi connectivity index (χ0v) is 9.21. The first kappa shape index (κ1) is 11.9. The molecular formula is C14H13NO. The summed E-state index contributed by atoms with van der Waals surface area (Å²) in [6, 6.07) is 9.41. The van der Waals surface area contributed by atoms with Crippen LogP contribution in [0.1, 0.15) is 18.9 Å². The van der Waals surface area contributed by atoms with E-state index in [-0.39, 0.29) is 5.91 Å². The predicted octanol–water partition coefficient (Wildman–Crippen LogP) is 1.57. The first-order valence-electron chi connectivity index (χ1n) is 5.07. The molecule has 0 aliphatic carbocycles. The van der Waals surface area contributed by atoms with Crippen LogP contribution >= 0.6 is 0 Å². The lowest BCUT2D eigenvalue weighted by Gasteiger charge is -1.94. The molecule has 0 saturated heterocycles. The molecule has 1 N–H and O–H groups in total. The van der Waals surface area contributed by atoms with Crippen molar-refractivity contribution in [2.24, 2.45) is 0 Å². The van der Waals surface area contributed by atoms with Crippen molar-refractivity contribution in [3.8, 4) is 23.7 Å². The fraction of sp³-hybridized carbons (Fsp3) is 0.214. The van der Waals surface area contributed by atoms with Crippen molar-refractivity contribution in [1.82, 2.24) is 5.32 Å². The average molecular weight is 211 g/mol. The van der Waals surface area contributed by atoms with E-state index in [4.69, 9.17) is 0 Å². The molecule has 0 aromatic heterocycles. The molecule has 16 heavy (non-hydrogen) atoms. The molecule has 1 rings (SSSR count). The molecule has 0 aliphatic rings. The summed E-state index contributed by atoms with van der Waals surface area (Å²) >= 11 is 0. The lowest BCUT2D eigenvalue weighted by atomic mass is 10.2. The van der Waals surface area contributed by atoms with Crippen LogP contribution in [0.15, 0.2) is 30.3 Å². The summed E-state index contributed by atoms with van der Waals surface area (Å²) in [6.07, 6.45) is 0.662. The standard InChI is InChI=1S/C14H13NO/c1-2-3-7-12-15-14(16)11-10-13-8-5-4-6-9-13/h4-6,8-9H,7,12H2,1H3,(H,15,16). The maximum atomic E-state index is 11.2. The van der Waals surface area contributed by atoms with Gasteiger partial charge in [0.15, 0.2) is 0 Å². The third kappa shape index (κ3) is 4.88. The lowest BCUT2D eigenvalue weighted by molar-refractivity contribution is -0.115. The van der Waals surface area contributed by atoms with Crippen molar-refractivity contribution in [1.29, 1.82) is 0 Å². The van der Waals surface area contributed by atoms with Crippen molar-refractivity contribution >= 4 is 5.91 Å². The Morgan fingerprint density at radius 1 is 1.31 bits per heavy atom. The summed E-state index contributed by atoms with van der Waals surface area (Å²) in [5.74, 6) is 10.7. The van der Waals surface area contributed by atoms with Crippen molar-refractivity contribution < 1.29 is 4.79 Å². The SMILES string of the molecule is CC#CCCNC(=O)C#Cc1ccccc1. The molecular weight excluding hydrogens is 198 g/mol. The molecule has 0 heterocycles. The van der Waals surface area contributed by atoms with Gasteiger partial charge in [0.25, 0.3) is 5.91 Å². The van der Waals surface area contributed by atoms with Crippen LogP contribution in [-0.4, -0.2) is 12.5 Å². The monoisotopic (exact) mass is 211 g/mol. The van der Waals surface area contributed by atoms with Crippen LogP contribution in [0.5, 0.6) is 0 Å². The average Bonchev–Trinajstić information content (AvgIpc) is 2.33. The molecule has 0 atom stereocenters. The number of carbonyl (C=O) groups excluding carboxylic acids is 1. The summed E-state index contributed by atoms with van der Waals surface area (Å²) < 4.78 is 0. The van der Waals surface area contributed by atoms with E-state index in [1.54, 1.807) is 6.92 Å². The molecule has 0 saturated carbocycles. The van der Waals surface area contributed by atoms with Gasteiger partial charge in [0.2, 0.25) is 0 Å². The number of amides is 1. The van der Waals surface area contributed by atoms with E-state index in [0.29, 0.717) is 13.0 Å². The Kier molecular flexibility index (Phi) is 5.31. The van der Waals surface area contributed by atoms with Crippen LogP contribution in [0.3, 0.4) is 0 Å². The van der Waals surface area contributed by atoms with Crippen molar-refractivity contribution in [2.45, 2.75) is 13.3 Å². The van der Waals surface area contributed by atoms with Crippen molar-refractivity contribution in [3.05, 3.63) is 35.9 Å². The van der Waals surface area contributed by atoms with E-state index in [1.165, 1.54) is 0 Å². The molecule has 1 aromatic carbocycles. The number of benzene rings is 1. The van der Waals surface area contributed by atoms with Crippen molar-refractivity contribution in [3.63, 3.8) is 0 Å². The quantitative estimate of drug-likeness (QED) is 0.584. The predicted molar refractivity (Wildman–Crippen MR) is 64.4 cm³/mol. The Morgan fingerprint density at radius 3 is 2.75 bits per heavy atom. The summed E-state index contributed by atoms with van der Waals surface area (Å²) in [7, 11) is 0. The Bertz CT molecular complexity index is 454. The highest BCUT2D eigenvalue weighted by atomic mass is 16.1. The Morgan fingerprint density at radius 2 is 2.06 bits per heavy atom. The topological polar surface area (TPSA) is 29.1 Å². The highest BCUT2D eigenvalue weighted by Gasteiger charge is 1.92. The van der Waals surface area contributed by atoms with Crippen LogP contribution < -0.4 is 5.32 Å². The summed E-state index contributed by atoms with van der Waals surface area (Å²) in [4.78, 5) is 11.2. The number of nitrogens with one attached hydrogen (secondary N) is 1. The largest absolute Gasteiger partial charge is 0.344 e. The van der Waals surface area contributed by atoms with Gasteiger partial charge >= 0.3 is 0 Å². The second-order valence-electron chi connectivity index (χ2n) is 3.05. The normalized spacial score (nSPS) is 8.06. The van der Waals surface area contributed by atoms with Gasteiger partial charge in [0, 0.05) is 24.4 Å². The fourth-order valence-electron chi connectivity index (χ4n) is 1.06. The van der Waals surface area contributed by atoms with E-state index in [9.17, 15) is 4.79 Å². The molecule has 0 unspecified atom stereocenters. The summed E-state index contributed by atoms with van der Waals surface area (Å²) in [5.41, 5.74) is 0.839. The summed E-state index contributed by atoms with van der Waals surface area (Å²) in [6.45, 7) is 2.32. The minimum atomic E-state index is -0.262. The van der Waals surface area contributed by atoms with Gasteiger partial charge in [-0.2, -0.15) is 0 Å². The Hall–Kier alpha value is -2.19. The number of hydrogen-bond donors (Lipinski definition) is 1. The second kappa shape index (κ2) is 7.15. The number of rotatable bonds is 2. The maximum Gasteiger partial charge on any atom is 0.296 e. The number of carbonyl (C=O) groups is 1. The van der Waals surface area contributed by atoms with Gasteiger partial charge < -0.3 is 5.32 Å². The molecule has 0 aliphatic heterocycles. The van der Waals surface area contributed by atoms with Crippen LogP contribution in [0.2, 0.25) is 0 Å². The molecule has 0 bridgehead atoms. The van der Waals surface area contributed by atoms with Crippen LogP contribution in [0.4, 0.5) is 0 Å². The van der Waals surface area contributed by atoms with Gasteiger partial charge in [-0.15, -0.1) is 11.8 Å². The molecule has 2 heteroatoms. The van der Waals surface area contributed by atoms with Crippen LogP contribution in [0.25, 0.3) is 0 Å². The fourth-order valence-corrected chi connectivity index (χ4v) is 1.06. The van der Waals surface area contributed by atoms with Crippen LogP contribution in [-0.2, 0) is 4.79 Å². The lowest BCUT2D eigenvalue weighted by Crippen LogP contribution is -2.22. The molecule has 0 fully saturated rings. The first-order chi connectivity index (χ1) is 7.83. The van der Waals surface area contributed by atoms with Crippen molar-refractivity contribution in [2.75, 3.05) is 6.54 Å². The molecule has 1 amide bonds. The van der Waals surface area contributed by atoms with E-state index in [2.05, 4.69) is 29.0 Å². The molecule has 0 spiro atoms. The maximum absolute atomic E-state index is 11.2. The van der Waals surface area contributed by atoms with E-state index < -0.39 is 0 Å².